The first-order valence-corrected chi connectivity index (χ1v) is 33.0. The van der Waals surface area contributed by atoms with Crippen LogP contribution in [0.25, 0.3) is 66.8 Å². The number of benzene rings is 7. The predicted octanol–water partition coefficient (Wildman–Crippen LogP) is 23.8. The molecule has 0 amide bonds. The monoisotopic (exact) mass is 1080 g/mol. The molecule has 432 valence electrons. The third kappa shape index (κ3) is 20.1. The van der Waals surface area contributed by atoms with Gasteiger partial charge < -0.3 is 17.2 Å². The summed E-state index contributed by atoms with van der Waals surface area (Å²) < 4.78 is 0. The van der Waals surface area contributed by atoms with Crippen LogP contribution in [0.15, 0.2) is 146 Å². The third-order valence-electron chi connectivity index (χ3n) is 17.3. The van der Waals surface area contributed by atoms with Gasteiger partial charge in [-0.25, -0.2) is 0 Å². The van der Waals surface area contributed by atoms with Gasteiger partial charge in [-0.15, -0.1) is 0 Å². The van der Waals surface area contributed by atoms with Gasteiger partial charge in [0.25, 0.3) is 0 Å². The summed E-state index contributed by atoms with van der Waals surface area (Å²) in [6.45, 7) is 6.91. The molecule has 0 bridgehead atoms. The van der Waals surface area contributed by atoms with E-state index < -0.39 is 0 Å². The Morgan fingerprint density at radius 2 is 0.333 bits per heavy atom. The van der Waals surface area contributed by atoms with Crippen molar-refractivity contribution in [2.45, 2.75) is 233 Å². The number of aryl methyl sites for hydroxylation is 3. The van der Waals surface area contributed by atoms with Crippen LogP contribution in [0.1, 0.15) is 230 Å². The van der Waals surface area contributed by atoms with Crippen LogP contribution < -0.4 is 17.2 Å². The molecule has 0 fully saturated rings. The zero-order valence-electron chi connectivity index (χ0n) is 50.9. The normalized spacial score (nSPS) is 11.4. The lowest BCUT2D eigenvalue weighted by atomic mass is 9.74. The van der Waals surface area contributed by atoms with Crippen LogP contribution in [-0.4, -0.2) is 0 Å². The molecule has 0 aliphatic heterocycles. The summed E-state index contributed by atoms with van der Waals surface area (Å²) in [4.78, 5) is 0. The topological polar surface area (TPSA) is 78.1 Å². The Kier molecular flexibility index (Phi) is 27.6. The molecule has 0 heterocycles. The lowest BCUT2D eigenvalue weighted by molar-refractivity contribution is 0.556. The second-order valence-corrected chi connectivity index (χ2v) is 24.0. The zero-order valence-corrected chi connectivity index (χ0v) is 50.9. The van der Waals surface area contributed by atoms with Gasteiger partial charge in [0, 0.05) is 17.1 Å². The Bertz CT molecular complexity index is 2800. The molecule has 6 N–H and O–H groups in total. The van der Waals surface area contributed by atoms with Gasteiger partial charge in [-0.3, -0.25) is 0 Å². The van der Waals surface area contributed by atoms with Gasteiger partial charge in [0.2, 0.25) is 0 Å². The highest BCUT2D eigenvalue weighted by molar-refractivity contribution is 6.15. The lowest BCUT2D eigenvalue weighted by Crippen LogP contribution is -2.03. The number of anilines is 3. The average molecular weight is 1080 g/mol. The van der Waals surface area contributed by atoms with E-state index in [2.05, 4.69) is 166 Å². The van der Waals surface area contributed by atoms with Crippen molar-refractivity contribution in [3.05, 3.63) is 162 Å². The average Bonchev–Trinajstić information content (AvgIpc) is 3.69. The van der Waals surface area contributed by atoms with Crippen LogP contribution in [-0.2, 0) is 19.3 Å². The van der Waals surface area contributed by atoms with E-state index in [1.165, 1.54) is 259 Å². The number of hydrogen-bond acceptors (Lipinski definition) is 3. The standard InChI is InChI=1S/C78H105N3/c1-4-7-10-13-16-19-22-25-28-31-34-61-37-43-64(44-38-61)73-74(65-45-39-62(40-46-65)35-32-29-26-23-20-17-14-11-8-5-2)77(68-51-57-71(80)58-52-68)78(69-53-59-72(81)60-54-69)75(76(73)67-49-55-70(79)56-50-67)66-47-41-63(42-48-66)36-33-30-27-24-21-18-15-12-9-6-3/h37-60H,4-36,79-81H2,1-3H3. The summed E-state index contributed by atoms with van der Waals surface area (Å²) in [5.41, 5.74) is 40.3. The van der Waals surface area contributed by atoms with Gasteiger partial charge in [0.15, 0.2) is 0 Å². The highest BCUT2D eigenvalue weighted by atomic mass is 14.5. The Morgan fingerprint density at radius 1 is 0.185 bits per heavy atom. The maximum atomic E-state index is 6.57. The number of nitrogens with two attached hydrogens (primary N) is 3. The van der Waals surface area contributed by atoms with Crippen LogP contribution in [0.2, 0.25) is 0 Å². The first kappa shape index (κ1) is 62.5. The van der Waals surface area contributed by atoms with Crippen LogP contribution in [0.5, 0.6) is 0 Å². The molecule has 0 spiro atoms. The molecule has 7 rings (SSSR count). The van der Waals surface area contributed by atoms with E-state index in [0.717, 1.165) is 53.0 Å². The zero-order chi connectivity index (χ0) is 56.7. The third-order valence-corrected chi connectivity index (χ3v) is 17.3. The van der Waals surface area contributed by atoms with Crippen molar-refractivity contribution in [3.63, 3.8) is 0 Å². The minimum Gasteiger partial charge on any atom is -0.399 e. The van der Waals surface area contributed by atoms with Crippen molar-refractivity contribution in [3.8, 4) is 66.8 Å². The quantitative estimate of drug-likeness (QED) is 0.0265. The lowest BCUT2D eigenvalue weighted by Gasteiger charge is -2.29. The minimum absolute atomic E-state index is 0.747. The predicted molar refractivity (Wildman–Crippen MR) is 359 cm³/mol. The van der Waals surface area contributed by atoms with Crippen molar-refractivity contribution in [1.29, 1.82) is 0 Å². The van der Waals surface area contributed by atoms with Crippen LogP contribution in [0, 0.1) is 0 Å². The van der Waals surface area contributed by atoms with E-state index >= 15 is 0 Å². The number of unbranched alkanes of at least 4 members (excludes halogenated alkanes) is 27. The van der Waals surface area contributed by atoms with Gasteiger partial charge in [-0.1, -0.05) is 303 Å². The van der Waals surface area contributed by atoms with E-state index in [0.29, 0.717) is 0 Å². The molecule has 3 heteroatoms. The fraction of sp³-hybridized carbons (Fsp3) is 0.462. The molecule has 0 saturated carbocycles. The first-order valence-electron chi connectivity index (χ1n) is 33.0. The largest absolute Gasteiger partial charge is 0.399 e. The Morgan fingerprint density at radius 3 is 0.506 bits per heavy atom. The van der Waals surface area contributed by atoms with Gasteiger partial charge >= 0.3 is 0 Å². The number of nitrogen functional groups attached to an aromatic ring is 3. The number of hydrogen-bond donors (Lipinski definition) is 3. The summed E-state index contributed by atoms with van der Waals surface area (Å²) in [6.07, 6.45) is 43.6. The fourth-order valence-corrected chi connectivity index (χ4v) is 12.4. The van der Waals surface area contributed by atoms with E-state index in [-0.39, 0.29) is 0 Å². The molecule has 0 radical (unpaired) electrons. The van der Waals surface area contributed by atoms with Crippen molar-refractivity contribution < 1.29 is 0 Å². The van der Waals surface area contributed by atoms with Crippen LogP contribution >= 0.6 is 0 Å². The summed E-state index contributed by atoms with van der Waals surface area (Å²) in [5, 5.41) is 0. The summed E-state index contributed by atoms with van der Waals surface area (Å²) in [5.74, 6) is 0. The summed E-state index contributed by atoms with van der Waals surface area (Å²) in [7, 11) is 0. The molecule has 0 atom stereocenters. The van der Waals surface area contributed by atoms with Crippen molar-refractivity contribution in [1.82, 2.24) is 0 Å². The Labute approximate surface area is 493 Å². The number of rotatable bonds is 39. The minimum atomic E-state index is 0.747. The van der Waals surface area contributed by atoms with E-state index in [4.69, 9.17) is 17.2 Å². The first-order chi connectivity index (χ1) is 39.9. The fourth-order valence-electron chi connectivity index (χ4n) is 12.4. The smallest absolute Gasteiger partial charge is 0.0314 e. The molecule has 0 aliphatic carbocycles. The van der Waals surface area contributed by atoms with E-state index in [1.54, 1.807) is 0 Å². The van der Waals surface area contributed by atoms with Crippen molar-refractivity contribution in [2.75, 3.05) is 17.2 Å². The molecule has 0 unspecified atom stereocenters. The van der Waals surface area contributed by atoms with E-state index in [1.807, 2.05) is 0 Å². The maximum Gasteiger partial charge on any atom is 0.0314 e. The molecule has 0 saturated heterocycles. The highest BCUT2D eigenvalue weighted by Gasteiger charge is 2.29. The van der Waals surface area contributed by atoms with Crippen LogP contribution in [0.3, 0.4) is 0 Å². The second kappa shape index (κ2) is 35.7. The Balaban J connectivity index is 1.32. The highest BCUT2D eigenvalue weighted by Crippen LogP contribution is 2.56. The Hall–Kier alpha value is -6.06. The molecular formula is C78H105N3. The van der Waals surface area contributed by atoms with Crippen molar-refractivity contribution in [2.24, 2.45) is 0 Å². The SMILES string of the molecule is CCCCCCCCCCCCc1ccc(-c2c(-c3ccc(N)cc3)c(-c3ccc(N)cc3)c(-c3ccc(CCCCCCCCCCCC)cc3)c(-c3ccc(CCCCCCCCCCCC)cc3)c2-c2ccc(N)cc2)cc1. The molecular weight excluding hydrogens is 979 g/mol. The van der Waals surface area contributed by atoms with E-state index in [9.17, 15) is 0 Å². The molecule has 7 aromatic rings. The molecule has 3 nitrogen and oxygen atoms in total. The molecule has 7 aromatic carbocycles. The summed E-state index contributed by atoms with van der Waals surface area (Å²) in [6, 6.07) is 54.7. The van der Waals surface area contributed by atoms with Gasteiger partial charge in [-0.2, -0.15) is 0 Å². The van der Waals surface area contributed by atoms with Gasteiger partial charge in [0.1, 0.15) is 0 Å². The molecule has 0 aliphatic rings. The second-order valence-electron chi connectivity index (χ2n) is 24.0. The van der Waals surface area contributed by atoms with Gasteiger partial charge in [0.05, 0.1) is 0 Å². The molecule has 81 heavy (non-hydrogen) atoms. The summed E-state index contributed by atoms with van der Waals surface area (Å²) >= 11 is 0. The maximum absolute atomic E-state index is 6.57. The van der Waals surface area contributed by atoms with Crippen molar-refractivity contribution >= 4 is 17.1 Å². The van der Waals surface area contributed by atoms with Crippen LogP contribution in [0.4, 0.5) is 17.1 Å². The molecule has 0 aromatic heterocycles. The van der Waals surface area contributed by atoms with Gasteiger partial charge in [-0.05, 0) is 158 Å².